The predicted molar refractivity (Wildman–Crippen MR) is 126 cm³/mol. The number of aromatic nitrogens is 1. The molecule has 0 saturated carbocycles. The molecule has 168 valence electrons. The molecule has 0 N–H and O–H groups in total. The van der Waals surface area contributed by atoms with E-state index in [0.717, 1.165) is 55.5 Å². The number of aryl methyl sites for hydroxylation is 2. The van der Waals surface area contributed by atoms with Gasteiger partial charge in [0, 0.05) is 51.9 Å². The molecule has 32 heavy (non-hydrogen) atoms. The lowest BCUT2D eigenvalue weighted by Crippen LogP contribution is -2.47. The second-order valence-electron chi connectivity index (χ2n) is 8.87. The Kier molecular flexibility index (Phi) is 5.98. The summed E-state index contributed by atoms with van der Waals surface area (Å²) >= 11 is 0. The van der Waals surface area contributed by atoms with Gasteiger partial charge in [0.05, 0.1) is 17.8 Å². The summed E-state index contributed by atoms with van der Waals surface area (Å²) in [6.07, 6.45) is 3.40. The molecule has 1 aromatic heterocycles. The van der Waals surface area contributed by atoms with Crippen LogP contribution in [0.2, 0.25) is 0 Å². The Morgan fingerprint density at radius 2 is 1.75 bits per heavy atom. The lowest BCUT2D eigenvalue weighted by molar-refractivity contribution is 0.187. The van der Waals surface area contributed by atoms with E-state index in [2.05, 4.69) is 28.0 Å². The van der Waals surface area contributed by atoms with Gasteiger partial charge in [0.25, 0.3) is 5.56 Å². The average molecular weight is 436 g/mol. The predicted octanol–water partition coefficient (Wildman–Crippen LogP) is 3.60. The van der Waals surface area contributed by atoms with Gasteiger partial charge in [-0.1, -0.05) is 12.1 Å². The lowest BCUT2D eigenvalue weighted by atomic mass is 10.0. The summed E-state index contributed by atoms with van der Waals surface area (Å²) in [7, 11) is 1.67. The number of para-hydroxylation sites is 1. The van der Waals surface area contributed by atoms with Crippen molar-refractivity contribution in [3.05, 3.63) is 75.3 Å². The van der Waals surface area contributed by atoms with E-state index in [-0.39, 0.29) is 11.4 Å². The highest BCUT2D eigenvalue weighted by Gasteiger charge is 2.21. The van der Waals surface area contributed by atoms with Crippen LogP contribution in [-0.2, 0) is 30.7 Å². The number of hydrogen-bond acceptors (Lipinski definition) is 4. The standard InChI is InChI=1S/C26H30FN3O2/c1-32-14-13-30-25-17-20-6-4-5-19(20)15-21(25)16-22(26(30)31)18-28-9-11-29(12-10-28)24-8-3-2-7-23(24)27/h2-3,7-8,15-17H,4-6,9-14,18H2,1H3. The fraction of sp³-hybridized carbons (Fsp3) is 0.423. The average Bonchev–Trinajstić information content (AvgIpc) is 3.26. The van der Waals surface area contributed by atoms with Crippen molar-refractivity contribution in [1.82, 2.24) is 9.47 Å². The van der Waals surface area contributed by atoms with E-state index >= 15 is 0 Å². The number of anilines is 1. The van der Waals surface area contributed by atoms with Crippen LogP contribution in [0, 0.1) is 5.82 Å². The van der Waals surface area contributed by atoms with Crippen LogP contribution in [0.4, 0.5) is 10.1 Å². The number of halogens is 1. The zero-order valence-electron chi connectivity index (χ0n) is 18.6. The molecule has 1 aliphatic heterocycles. The summed E-state index contributed by atoms with van der Waals surface area (Å²) in [6, 6.07) is 13.5. The Labute approximate surface area is 188 Å². The van der Waals surface area contributed by atoms with Gasteiger partial charge in [-0.3, -0.25) is 9.69 Å². The van der Waals surface area contributed by atoms with Crippen molar-refractivity contribution in [3.63, 3.8) is 0 Å². The second kappa shape index (κ2) is 9.04. The van der Waals surface area contributed by atoms with Crippen LogP contribution in [0.15, 0.2) is 47.3 Å². The first-order valence-electron chi connectivity index (χ1n) is 11.5. The van der Waals surface area contributed by atoms with Crippen LogP contribution in [0.5, 0.6) is 0 Å². The molecule has 5 nitrogen and oxygen atoms in total. The largest absolute Gasteiger partial charge is 0.383 e. The van der Waals surface area contributed by atoms with Gasteiger partial charge in [0.2, 0.25) is 0 Å². The molecule has 5 rings (SSSR count). The van der Waals surface area contributed by atoms with Gasteiger partial charge in [-0.05, 0) is 66.1 Å². The minimum Gasteiger partial charge on any atom is -0.383 e. The van der Waals surface area contributed by atoms with Crippen LogP contribution in [0.3, 0.4) is 0 Å². The first kappa shape index (κ1) is 21.2. The van der Waals surface area contributed by atoms with Gasteiger partial charge in [0.15, 0.2) is 0 Å². The Hall–Kier alpha value is -2.70. The fourth-order valence-corrected chi connectivity index (χ4v) is 5.13. The maximum Gasteiger partial charge on any atom is 0.255 e. The molecule has 2 heterocycles. The summed E-state index contributed by atoms with van der Waals surface area (Å²) in [5.74, 6) is -0.177. The summed E-state index contributed by atoms with van der Waals surface area (Å²) in [5, 5.41) is 1.14. The van der Waals surface area contributed by atoms with Crippen molar-refractivity contribution in [2.75, 3.05) is 44.8 Å². The van der Waals surface area contributed by atoms with Crippen LogP contribution in [0.25, 0.3) is 10.9 Å². The molecule has 1 saturated heterocycles. The Morgan fingerprint density at radius 1 is 1.00 bits per heavy atom. The Morgan fingerprint density at radius 3 is 2.50 bits per heavy atom. The summed E-state index contributed by atoms with van der Waals surface area (Å²) in [5.41, 5.74) is 5.36. The van der Waals surface area contributed by atoms with Crippen molar-refractivity contribution in [1.29, 1.82) is 0 Å². The molecule has 0 spiro atoms. The van der Waals surface area contributed by atoms with Gasteiger partial charge in [-0.25, -0.2) is 4.39 Å². The normalized spacial score (nSPS) is 16.6. The zero-order valence-corrected chi connectivity index (χ0v) is 18.6. The Balaban J connectivity index is 1.39. The highest BCUT2D eigenvalue weighted by molar-refractivity contribution is 5.82. The fourth-order valence-electron chi connectivity index (χ4n) is 5.13. The summed E-state index contributed by atoms with van der Waals surface area (Å²) < 4.78 is 21.3. The maximum absolute atomic E-state index is 14.2. The van der Waals surface area contributed by atoms with Gasteiger partial charge < -0.3 is 14.2 Å². The minimum atomic E-state index is -0.177. The maximum atomic E-state index is 14.2. The van der Waals surface area contributed by atoms with Crippen molar-refractivity contribution >= 4 is 16.6 Å². The van der Waals surface area contributed by atoms with Crippen molar-refractivity contribution in [2.45, 2.75) is 32.4 Å². The number of rotatable bonds is 6. The first-order valence-corrected chi connectivity index (χ1v) is 11.5. The SMILES string of the molecule is COCCn1c(=O)c(CN2CCN(c3ccccc3F)CC2)cc2cc3c(cc21)CCC3. The highest BCUT2D eigenvalue weighted by Crippen LogP contribution is 2.28. The minimum absolute atomic E-state index is 0.0732. The van der Waals surface area contributed by atoms with E-state index in [1.807, 2.05) is 16.7 Å². The first-order chi connectivity index (χ1) is 15.6. The number of fused-ring (bicyclic) bond motifs is 2. The Bertz CT molecular complexity index is 1180. The van der Waals surface area contributed by atoms with E-state index < -0.39 is 0 Å². The topological polar surface area (TPSA) is 37.7 Å². The van der Waals surface area contributed by atoms with Crippen LogP contribution >= 0.6 is 0 Å². The number of ether oxygens (including phenoxy) is 1. The molecule has 1 aliphatic carbocycles. The molecule has 0 atom stereocenters. The molecule has 0 bridgehead atoms. The van der Waals surface area contributed by atoms with Gasteiger partial charge in [0.1, 0.15) is 5.82 Å². The zero-order chi connectivity index (χ0) is 22.1. The third kappa shape index (κ3) is 4.05. The summed E-state index contributed by atoms with van der Waals surface area (Å²) in [4.78, 5) is 17.8. The van der Waals surface area contributed by atoms with E-state index in [1.165, 1.54) is 23.6 Å². The van der Waals surface area contributed by atoms with E-state index in [4.69, 9.17) is 4.74 Å². The summed E-state index contributed by atoms with van der Waals surface area (Å²) in [6.45, 7) is 4.78. The number of nitrogens with zero attached hydrogens (tertiary/aromatic N) is 3. The molecule has 0 radical (unpaired) electrons. The van der Waals surface area contributed by atoms with Crippen molar-refractivity contribution < 1.29 is 9.13 Å². The molecule has 3 aromatic rings. The lowest BCUT2D eigenvalue weighted by Gasteiger charge is -2.36. The number of pyridine rings is 1. The number of benzene rings is 2. The van der Waals surface area contributed by atoms with Crippen LogP contribution in [-0.4, -0.2) is 49.4 Å². The van der Waals surface area contributed by atoms with Gasteiger partial charge in [-0.15, -0.1) is 0 Å². The smallest absolute Gasteiger partial charge is 0.255 e. The molecular weight excluding hydrogens is 405 g/mol. The molecular formula is C26H30FN3O2. The number of piperazine rings is 1. The number of hydrogen-bond donors (Lipinski definition) is 0. The molecule has 2 aliphatic rings. The van der Waals surface area contributed by atoms with E-state index in [0.29, 0.717) is 25.4 Å². The second-order valence-corrected chi connectivity index (χ2v) is 8.87. The highest BCUT2D eigenvalue weighted by atomic mass is 19.1. The monoisotopic (exact) mass is 435 g/mol. The number of methoxy groups -OCH3 is 1. The third-order valence-electron chi connectivity index (χ3n) is 6.86. The van der Waals surface area contributed by atoms with Crippen molar-refractivity contribution in [3.8, 4) is 0 Å². The van der Waals surface area contributed by atoms with Gasteiger partial charge in [-0.2, -0.15) is 0 Å². The quantitative estimate of drug-likeness (QED) is 0.593. The molecule has 0 amide bonds. The van der Waals surface area contributed by atoms with Crippen LogP contribution < -0.4 is 10.5 Å². The third-order valence-corrected chi connectivity index (χ3v) is 6.86. The molecule has 0 unspecified atom stereocenters. The van der Waals surface area contributed by atoms with Crippen LogP contribution in [0.1, 0.15) is 23.1 Å². The van der Waals surface area contributed by atoms with E-state index in [1.54, 1.807) is 13.2 Å². The molecule has 6 heteroatoms. The van der Waals surface area contributed by atoms with E-state index in [9.17, 15) is 9.18 Å². The molecule has 2 aromatic carbocycles. The van der Waals surface area contributed by atoms with Crippen molar-refractivity contribution in [2.24, 2.45) is 0 Å². The van der Waals surface area contributed by atoms with Gasteiger partial charge >= 0.3 is 0 Å². The molecule has 1 fully saturated rings.